The quantitative estimate of drug-likeness (QED) is 0.650. The van der Waals surface area contributed by atoms with E-state index in [2.05, 4.69) is 36.3 Å². The number of hydrogen-bond donors (Lipinski definition) is 1. The second-order valence-corrected chi connectivity index (χ2v) is 4.78. The summed E-state index contributed by atoms with van der Waals surface area (Å²) >= 11 is 0. The van der Waals surface area contributed by atoms with Crippen LogP contribution in [0.15, 0.2) is 4.42 Å². The van der Waals surface area contributed by atoms with E-state index in [1.54, 1.807) is 0 Å². The molecule has 0 bridgehead atoms. The molecule has 0 saturated heterocycles. The lowest BCUT2D eigenvalue weighted by Crippen LogP contribution is -2.17. The molecule has 1 aromatic heterocycles. The highest BCUT2D eigenvalue weighted by molar-refractivity contribution is 4.91. The van der Waals surface area contributed by atoms with Gasteiger partial charge in [0.1, 0.15) is 0 Å². The van der Waals surface area contributed by atoms with Gasteiger partial charge < -0.3 is 9.73 Å². The number of nitrogens with zero attached hydrogens (tertiary/aromatic N) is 2. The standard InChI is InChI=1S/C14H27N3O/c1-4-7-8-12(6-3)14-17-16-13(18-14)9-11-15-10-5-2/h12,15H,4-11H2,1-3H3. The number of nitrogens with one attached hydrogen (secondary N) is 1. The van der Waals surface area contributed by atoms with E-state index in [1.165, 1.54) is 12.8 Å². The fourth-order valence-electron chi connectivity index (χ4n) is 1.98. The summed E-state index contributed by atoms with van der Waals surface area (Å²) < 4.78 is 5.75. The molecule has 104 valence electrons. The summed E-state index contributed by atoms with van der Waals surface area (Å²) in [5.41, 5.74) is 0. The Labute approximate surface area is 111 Å². The third kappa shape index (κ3) is 5.17. The van der Waals surface area contributed by atoms with Gasteiger partial charge in [-0.3, -0.25) is 0 Å². The first-order valence-corrected chi connectivity index (χ1v) is 7.34. The van der Waals surface area contributed by atoms with E-state index < -0.39 is 0 Å². The van der Waals surface area contributed by atoms with E-state index >= 15 is 0 Å². The minimum Gasteiger partial charge on any atom is -0.425 e. The van der Waals surface area contributed by atoms with Crippen molar-refractivity contribution in [3.05, 3.63) is 11.8 Å². The fourth-order valence-corrected chi connectivity index (χ4v) is 1.98. The van der Waals surface area contributed by atoms with Gasteiger partial charge in [0.2, 0.25) is 11.8 Å². The van der Waals surface area contributed by atoms with Gasteiger partial charge in [-0.25, -0.2) is 0 Å². The second-order valence-electron chi connectivity index (χ2n) is 4.78. The van der Waals surface area contributed by atoms with Crippen LogP contribution in [0.4, 0.5) is 0 Å². The molecule has 1 N–H and O–H groups in total. The number of rotatable bonds is 10. The predicted octanol–water partition coefficient (Wildman–Crippen LogP) is 3.30. The van der Waals surface area contributed by atoms with Gasteiger partial charge in [-0.2, -0.15) is 0 Å². The van der Waals surface area contributed by atoms with Gasteiger partial charge >= 0.3 is 0 Å². The molecule has 1 atom stereocenters. The first-order chi connectivity index (χ1) is 8.81. The first kappa shape index (κ1) is 15.2. The van der Waals surface area contributed by atoms with Crippen LogP contribution in [0.3, 0.4) is 0 Å². The zero-order valence-corrected chi connectivity index (χ0v) is 12.0. The predicted molar refractivity (Wildman–Crippen MR) is 73.7 cm³/mol. The van der Waals surface area contributed by atoms with E-state index in [4.69, 9.17) is 4.42 Å². The Morgan fingerprint density at radius 3 is 2.61 bits per heavy atom. The molecule has 0 aromatic carbocycles. The molecule has 1 rings (SSSR count). The number of aromatic nitrogens is 2. The summed E-state index contributed by atoms with van der Waals surface area (Å²) in [7, 11) is 0. The third-order valence-corrected chi connectivity index (χ3v) is 3.17. The van der Waals surface area contributed by atoms with Crippen molar-refractivity contribution in [1.29, 1.82) is 0 Å². The molecule has 0 amide bonds. The maximum absolute atomic E-state index is 5.75. The molecule has 0 radical (unpaired) electrons. The summed E-state index contributed by atoms with van der Waals surface area (Å²) in [4.78, 5) is 0. The topological polar surface area (TPSA) is 51.0 Å². The van der Waals surface area contributed by atoms with Crippen molar-refractivity contribution in [3.63, 3.8) is 0 Å². The molecule has 1 heterocycles. The summed E-state index contributed by atoms with van der Waals surface area (Å²) in [6.45, 7) is 8.53. The molecular formula is C14H27N3O. The normalized spacial score (nSPS) is 12.8. The minimum atomic E-state index is 0.440. The van der Waals surface area contributed by atoms with Crippen LogP contribution >= 0.6 is 0 Å². The van der Waals surface area contributed by atoms with Crippen molar-refractivity contribution in [1.82, 2.24) is 15.5 Å². The highest BCUT2D eigenvalue weighted by atomic mass is 16.4. The molecule has 0 saturated carbocycles. The Bertz CT molecular complexity index is 312. The molecule has 0 spiro atoms. The number of unbranched alkanes of at least 4 members (excludes halogenated alkanes) is 1. The van der Waals surface area contributed by atoms with Crippen molar-refractivity contribution < 1.29 is 4.42 Å². The van der Waals surface area contributed by atoms with E-state index in [-0.39, 0.29) is 0 Å². The molecule has 1 unspecified atom stereocenters. The highest BCUT2D eigenvalue weighted by Gasteiger charge is 2.16. The van der Waals surface area contributed by atoms with Crippen LogP contribution in [0, 0.1) is 0 Å². The second kappa shape index (κ2) is 9.09. The maximum Gasteiger partial charge on any atom is 0.219 e. The van der Waals surface area contributed by atoms with E-state index in [1.807, 2.05) is 0 Å². The molecule has 4 nitrogen and oxygen atoms in total. The van der Waals surface area contributed by atoms with Crippen LogP contribution in [-0.4, -0.2) is 23.3 Å². The van der Waals surface area contributed by atoms with Crippen molar-refractivity contribution in [2.24, 2.45) is 0 Å². The van der Waals surface area contributed by atoms with Crippen LogP contribution in [0.1, 0.15) is 70.6 Å². The Kier molecular flexibility index (Phi) is 7.65. The summed E-state index contributed by atoms with van der Waals surface area (Å²) in [6, 6.07) is 0. The lowest BCUT2D eigenvalue weighted by atomic mass is 10.00. The Balaban J connectivity index is 2.40. The Morgan fingerprint density at radius 1 is 1.11 bits per heavy atom. The smallest absolute Gasteiger partial charge is 0.219 e. The summed E-state index contributed by atoms with van der Waals surface area (Å²) in [5, 5.41) is 11.7. The van der Waals surface area contributed by atoms with Gasteiger partial charge in [0.15, 0.2) is 0 Å². The van der Waals surface area contributed by atoms with Crippen LogP contribution in [0.5, 0.6) is 0 Å². The van der Waals surface area contributed by atoms with Crippen molar-refractivity contribution in [3.8, 4) is 0 Å². The van der Waals surface area contributed by atoms with E-state index in [0.717, 1.165) is 50.6 Å². The molecule has 0 fully saturated rings. The fraction of sp³-hybridized carbons (Fsp3) is 0.857. The van der Waals surface area contributed by atoms with Gasteiger partial charge in [0.05, 0.1) is 0 Å². The lowest BCUT2D eigenvalue weighted by molar-refractivity contribution is 0.391. The minimum absolute atomic E-state index is 0.440. The van der Waals surface area contributed by atoms with Crippen LogP contribution < -0.4 is 5.32 Å². The molecule has 0 aliphatic carbocycles. The van der Waals surface area contributed by atoms with Crippen LogP contribution in [0.2, 0.25) is 0 Å². The molecular weight excluding hydrogens is 226 g/mol. The van der Waals surface area contributed by atoms with Gasteiger partial charge in [0.25, 0.3) is 0 Å². The van der Waals surface area contributed by atoms with Crippen molar-refractivity contribution >= 4 is 0 Å². The summed E-state index contributed by atoms with van der Waals surface area (Å²) in [6.07, 6.45) is 6.67. The van der Waals surface area contributed by atoms with Gasteiger partial charge in [-0.15, -0.1) is 10.2 Å². The Morgan fingerprint density at radius 2 is 1.94 bits per heavy atom. The zero-order chi connectivity index (χ0) is 13.2. The monoisotopic (exact) mass is 253 g/mol. The van der Waals surface area contributed by atoms with Gasteiger partial charge in [0, 0.05) is 18.9 Å². The van der Waals surface area contributed by atoms with Crippen LogP contribution in [0.25, 0.3) is 0 Å². The highest BCUT2D eigenvalue weighted by Crippen LogP contribution is 2.24. The maximum atomic E-state index is 5.75. The van der Waals surface area contributed by atoms with Crippen LogP contribution in [-0.2, 0) is 6.42 Å². The third-order valence-electron chi connectivity index (χ3n) is 3.17. The van der Waals surface area contributed by atoms with Crippen molar-refractivity contribution in [2.75, 3.05) is 13.1 Å². The molecule has 4 heteroatoms. The lowest BCUT2D eigenvalue weighted by Gasteiger charge is -2.08. The average Bonchev–Trinajstić information content (AvgIpc) is 2.84. The SMILES string of the molecule is CCCCC(CC)c1nnc(CCNCCC)o1. The molecule has 18 heavy (non-hydrogen) atoms. The number of hydrogen-bond acceptors (Lipinski definition) is 4. The molecule has 0 aliphatic heterocycles. The first-order valence-electron chi connectivity index (χ1n) is 7.34. The van der Waals surface area contributed by atoms with Crippen molar-refractivity contribution in [2.45, 2.75) is 65.2 Å². The zero-order valence-electron chi connectivity index (χ0n) is 12.0. The Hall–Kier alpha value is -0.900. The van der Waals surface area contributed by atoms with Gasteiger partial charge in [-0.1, -0.05) is 33.6 Å². The summed E-state index contributed by atoms with van der Waals surface area (Å²) in [5.74, 6) is 2.04. The largest absolute Gasteiger partial charge is 0.425 e. The molecule has 0 aliphatic rings. The van der Waals surface area contributed by atoms with E-state index in [9.17, 15) is 0 Å². The molecule has 1 aromatic rings. The van der Waals surface area contributed by atoms with E-state index in [0.29, 0.717) is 5.92 Å². The average molecular weight is 253 g/mol. The van der Waals surface area contributed by atoms with Gasteiger partial charge in [-0.05, 0) is 25.8 Å².